The molecule has 0 aliphatic heterocycles. The lowest BCUT2D eigenvalue weighted by Gasteiger charge is -2.28. The summed E-state index contributed by atoms with van der Waals surface area (Å²) in [7, 11) is 0. The molecule has 0 aromatic heterocycles. The Hall–Kier alpha value is -1.10. The van der Waals surface area contributed by atoms with E-state index < -0.39 is 11.9 Å². The number of primary amides is 1. The van der Waals surface area contributed by atoms with Crippen molar-refractivity contribution in [1.82, 2.24) is 5.32 Å². The molecule has 1 fully saturated rings. The minimum atomic E-state index is -0.592. The molecule has 5 N–H and O–H groups in total. The van der Waals surface area contributed by atoms with E-state index in [0.29, 0.717) is 12.5 Å². The van der Waals surface area contributed by atoms with Crippen LogP contribution in [-0.4, -0.2) is 24.4 Å². The van der Waals surface area contributed by atoms with Gasteiger partial charge in [0.2, 0.25) is 11.8 Å². The molecule has 0 saturated heterocycles. The summed E-state index contributed by atoms with van der Waals surface area (Å²) in [5, 5.41) is 2.64. The summed E-state index contributed by atoms with van der Waals surface area (Å²) in [4.78, 5) is 22.6. The van der Waals surface area contributed by atoms with Crippen molar-refractivity contribution in [1.29, 1.82) is 0 Å². The van der Waals surface area contributed by atoms with E-state index in [4.69, 9.17) is 11.5 Å². The Labute approximate surface area is 95.9 Å². The van der Waals surface area contributed by atoms with Crippen molar-refractivity contribution in [3.63, 3.8) is 0 Å². The molecule has 1 aliphatic carbocycles. The van der Waals surface area contributed by atoms with Gasteiger partial charge >= 0.3 is 0 Å². The standard InChI is InChI=1S/C11H21N3O2/c1-7(10(13)15)14-11(16)9-4-2-3-8(5-9)6-12/h7-9H,2-6,12H2,1H3,(H2,13,15)(H,14,16). The molecule has 5 heteroatoms. The van der Waals surface area contributed by atoms with Crippen molar-refractivity contribution >= 4 is 11.8 Å². The number of amides is 2. The molecule has 16 heavy (non-hydrogen) atoms. The third kappa shape index (κ3) is 3.48. The summed E-state index contributed by atoms with van der Waals surface area (Å²) < 4.78 is 0. The summed E-state index contributed by atoms with van der Waals surface area (Å²) in [6.07, 6.45) is 3.85. The van der Waals surface area contributed by atoms with Crippen LogP contribution in [0, 0.1) is 11.8 Å². The Morgan fingerprint density at radius 3 is 2.69 bits per heavy atom. The monoisotopic (exact) mass is 227 g/mol. The molecule has 3 atom stereocenters. The van der Waals surface area contributed by atoms with E-state index >= 15 is 0 Å². The van der Waals surface area contributed by atoms with Crippen LogP contribution in [0.25, 0.3) is 0 Å². The summed E-state index contributed by atoms with van der Waals surface area (Å²) >= 11 is 0. The first kappa shape index (κ1) is 13.0. The number of nitrogens with two attached hydrogens (primary N) is 2. The van der Waals surface area contributed by atoms with Crippen LogP contribution in [0.4, 0.5) is 0 Å². The van der Waals surface area contributed by atoms with Gasteiger partial charge in [0, 0.05) is 5.92 Å². The van der Waals surface area contributed by atoms with Gasteiger partial charge in [-0.2, -0.15) is 0 Å². The van der Waals surface area contributed by atoms with Gasteiger partial charge in [-0.1, -0.05) is 6.42 Å². The zero-order valence-electron chi connectivity index (χ0n) is 9.74. The zero-order chi connectivity index (χ0) is 12.1. The molecule has 0 bridgehead atoms. The highest BCUT2D eigenvalue weighted by molar-refractivity contribution is 5.87. The molecule has 5 nitrogen and oxygen atoms in total. The molecule has 1 saturated carbocycles. The second kappa shape index (κ2) is 5.84. The average Bonchev–Trinajstić information content (AvgIpc) is 2.28. The molecular weight excluding hydrogens is 206 g/mol. The quantitative estimate of drug-likeness (QED) is 0.617. The molecule has 0 radical (unpaired) electrons. The number of rotatable bonds is 4. The van der Waals surface area contributed by atoms with Gasteiger partial charge in [-0.3, -0.25) is 9.59 Å². The third-order valence-corrected chi connectivity index (χ3v) is 3.27. The van der Waals surface area contributed by atoms with Gasteiger partial charge in [0.05, 0.1) is 0 Å². The molecular formula is C11H21N3O2. The van der Waals surface area contributed by atoms with Gasteiger partial charge in [-0.15, -0.1) is 0 Å². The van der Waals surface area contributed by atoms with Crippen LogP contribution in [0.5, 0.6) is 0 Å². The number of hydrogen-bond donors (Lipinski definition) is 3. The minimum Gasteiger partial charge on any atom is -0.368 e. The zero-order valence-corrected chi connectivity index (χ0v) is 9.74. The molecule has 92 valence electrons. The Morgan fingerprint density at radius 1 is 1.44 bits per heavy atom. The van der Waals surface area contributed by atoms with Crippen LogP contribution in [0.1, 0.15) is 32.6 Å². The van der Waals surface area contributed by atoms with E-state index in [1.54, 1.807) is 6.92 Å². The minimum absolute atomic E-state index is 0.0101. The molecule has 1 rings (SSSR count). The Bertz CT molecular complexity index is 268. The maximum Gasteiger partial charge on any atom is 0.239 e. The van der Waals surface area contributed by atoms with Crippen LogP contribution in [0.2, 0.25) is 0 Å². The van der Waals surface area contributed by atoms with E-state index in [2.05, 4.69) is 5.32 Å². The van der Waals surface area contributed by atoms with Gasteiger partial charge in [-0.25, -0.2) is 0 Å². The van der Waals surface area contributed by atoms with Crippen LogP contribution in [-0.2, 0) is 9.59 Å². The molecule has 0 aromatic rings. The van der Waals surface area contributed by atoms with Gasteiger partial charge in [0.25, 0.3) is 0 Å². The largest absolute Gasteiger partial charge is 0.368 e. The number of nitrogens with one attached hydrogen (secondary N) is 1. The fraction of sp³-hybridized carbons (Fsp3) is 0.818. The van der Waals surface area contributed by atoms with Crippen LogP contribution in [0.3, 0.4) is 0 Å². The van der Waals surface area contributed by atoms with Gasteiger partial charge in [-0.05, 0) is 38.6 Å². The van der Waals surface area contributed by atoms with Crippen LogP contribution in [0.15, 0.2) is 0 Å². The van der Waals surface area contributed by atoms with E-state index in [0.717, 1.165) is 25.7 Å². The molecule has 0 spiro atoms. The number of carbonyl (C=O) groups excluding carboxylic acids is 2. The smallest absolute Gasteiger partial charge is 0.239 e. The number of carbonyl (C=O) groups is 2. The molecule has 0 heterocycles. The second-order valence-corrected chi connectivity index (χ2v) is 4.60. The Morgan fingerprint density at radius 2 is 2.12 bits per heavy atom. The predicted molar refractivity (Wildman–Crippen MR) is 61.3 cm³/mol. The maximum absolute atomic E-state index is 11.8. The highest BCUT2D eigenvalue weighted by Gasteiger charge is 2.27. The molecule has 3 unspecified atom stereocenters. The van der Waals surface area contributed by atoms with Crippen LogP contribution >= 0.6 is 0 Å². The fourth-order valence-electron chi connectivity index (χ4n) is 2.15. The molecule has 1 aliphatic rings. The van der Waals surface area contributed by atoms with Crippen molar-refractivity contribution in [3.05, 3.63) is 0 Å². The van der Waals surface area contributed by atoms with E-state index in [9.17, 15) is 9.59 Å². The maximum atomic E-state index is 11.8. The van der Waals surface area contributed by atoms with Gasteiger partial charge in [0.1, 0.15) is 6.04 Å². The van der Waals surface area contributed by atoms with Crippen molar-refractivity contribution < 1.29 is 9.59 Å². The van der Waals surface area contributed by atoms with E-state index in [1.165, 1.54) is 0 Å². The highest BCUT2D eigenvalue weighted by atomic mass is 16.2. The third-order valence-electron chi connectivity index (χ3n) is 3.27. The summed E-state index contributed by atoms with van der Waals surface area (Å²) in [5.74, 6) is -0.138. The summed E-state index contributed by atoms with van der Waals surface area (Å²) in [6, 6.07) is -0.592. The lowest BCUT2D eigenvalue weighted by atomic mass is 9.81. The highest BCUT2D eigenvalue weighted by Crippen LogP contribution is 2.28. The van der Waals surface area contributed by atoms with E-state index in [-0.39, 0.29) is 11.8 Å². The lowest BCUT2D eigenvalue weighted by Crippen LogP contribution is -2.45. The SMILES string of the molecule is CC(NC(=O)C1CCCC(CN)C1)C(N)=O. The average molecular weight is 227 g/mol. The predicted octanol–water partition coefficient (Wildman–Crippen LogP) is -0.258. The first-order valence-electron chi connectivity index (χ1n) is 5.84. The first-order valence-corrected chi connectivity index (χ1v) is 5.84. The second-order valence-electron chi connectivity index (χ2n) is 4.60. The number of hydrogen-bond acceptors (Lipinski definition) is 3. The first-order chi connectivity index (χ1) is 7.54. The van der Waals surface area contributed by atoms with Crippen molar-refractivity contribution in [2.75, 3.05) is 6.54 Å². The topological polar surface area (TPSA) is 98.2 Å². The molecule has 0 aromatic carbocycles. The van der Waals surface area contributed by atoms with Crippen molar-refractivity contribution in [2.24, 2.45) is 23.3 Å². The van der Waals surface area contributed by atoms with Gasteiger partial charge < -0.3 is 16.8 Å². The van der Waals surface area contributed by atoms with Gasteiger partial charge in [0.15, 0.2) is 0 Å². The Kier molecular flexibility index (Phi) is 4.73. The summed E-state index contributed by atoms with van der Waals surface area (Å²) in [6.45, 7) is 2.23. The lowest BCUT2D eigenvalue weighted by molar-refractivity contribution is -0.130. The van der Waals surface area contributed by atoms with Crippen molar-refractivity contribution in [3.8, 4) is 0 Å². The Balaban J connectivity index is 2.44. The summed E-state index contributed by atoms with van der Waals surface area (Å²) in [5.41, 5.74) is 10.7. The molecule has 2 amide bonds. The normalized spacial score (nSPS) is 27.1. The van der Waals surface area contributed by atoms with Crippen molar-refractivity contribution in [2.45, 2.75) is 38.6 Å². The fourth-order valence-corrected chi connectivity index (χ4v) is 2.15. The van der Waals surface area contributed by atoms with Crippen LogP contribution < -0.4 is 16.8 Å². The van der Waals surface area contributed by atoms with E-state index in [1.807, 2.05) is 0 Å².